The molecule has 0 radical (unpaired) electrons. The molecule has 0 aliphatic rings. The smallest absolute Gasteiger partial charge is 0.277 e. The maximum Gasteiger partial charge on any atom is 0.277 e. The Morgan fingerprint density at radius 1 is 1.15 bits per heavy atom. The van der Waals surface area contributed by atoms with E-state index >= 15 is 0 Å². The second-order valence-corrected chi connectivity index (χ2v) is 7.07. The van der Waals surface area contributed by atoms with E-state index in [0.717, 1.165) is 28.1 Å². The number of amides is 1. The molecule has 2 aromatic carbocycles. The molecule has 0 aliphatic carbocycles. The third-order valence-electron chi connectivity index (χ3n) is 3.96. The van der Waals surface area contributed by atoms with E-state index in [1.807, 2.05) is 56.3 Å². The lowest BCUT2D eigenvalue weighted by Gasteiger charge is -2.08. The molecule has 0 aliphatic heterocycles. The summed E-state index contributed by atoms with van der Waals surface area (Å²) >= 11 is 1.22. The monoisotopic (exact) mass is 383 g/mol. The van der Waals surface area contributed by atoms with Gasteiger partial charge < -0.3 is 14.5 Å². The van der Waals surface area contributed by atoms with Crippen LogP contribution in [0.1, 0.15) is 22.6 Å². The van der Waals surface area contributed by atoms with Crippen LogP contribution in [0.15, 0.2) is 52.1 Å². The predicted octanol–water partition coefficient (Wildman–Crippen LogP) is 4.02. The van der Waals surface area contributed by atoms with E-state index in [1.165, 1.54) is 11.8 Å². The number of aromatic nitrogens is 2. The van der Waals surface area contributed by atoms with E-state index in [9.17, 15) is 4.79 Å². The molecule has 0 unspecified atom stereocenters. The van der Waals surface area contributed by atoms with E-state index in [2.05, 4.69) is 15.5 Å². The topological polar surface area (TPSA) is 77.2 Å². The summed E-state index contributed by atoms with van der Waals surface area (Å²) in [4.78, 5) is 12.2. The van der Waals surface area contributed by atoms with Crippen LogP contribution >= 0.6 is 11.8 Å². The SMILES string of the molecule is COc1ccc(Cc2nnc(SCC(=O)Nc3cc(C)ccc3C)o2)cc1. The fraction of sp³-hybridized carbons (Fsp3) is 0.250. The van der Waals surface area contributed by atoms with Gasteiger partial charge in [0, 0.05) is 5.69 Å². The zero-order chi connectivity index (χ0) is 19.2. The van der Waals surface area contributed by atoms with Gasteiger partial charge in [0.05, 0.1) is 19.3 Å². The quantitative estimate of drug-likeness (QED) is 0.621. The number of carbonyl (C=O) groups excluding carboxylic acids is 1. The molecule has 3 rings (SSSR count). The van der Waals surface area contributed by atoms with Gasteiger partial charge in [-0.15, -0.1) is 10.2 Å². The lowest BCUT2D eigenvalue weighted by atomic mass is 10.1. The summed E-state index contributed by atoms with van der Waals surface area (Å²) in [6, 6.07) is 13.6. The lowest BCUT2D eigenvalue weighted by Crippen LogP contribution is -2.14. The van der Waals surface area contributed by atoms with Crippen molar-refractivity contribution in [3.8, 4) is 5.75 Å². The molecule has 3 aromatic rings. The van der Waals surface area contributed by atoms with E-state index in [-0.39, 0.29) is 11.7 Å². The van der Waals surface area contributed by atoms with Crippen molar-refractivity contribution in [1.29, 1.82) is 0 Å². The molecular formula is C20H21N3O3S. The van der Waals surface area contributed by atoms with Gasteiger partial charge in [0.1, 0.15) is 5.75 Å². The Morgan fingerprint density at radius 2 is 1.93 bits per heavy atom. The summed E-state index contributed by atoms with van der Waals surface area (Å²) < 4.78 is 10.8. The van der Waals surface area contributed by atoms with Crippen LogP contribution in [0.5, 0.6) is 5.75 Å². The van der Waals surface area contributed by atoms with Crippen LogP contribution in [0.3, 0.4) is 0 Å². The Kier molecular flexibility index (Phi) is 6.13. The average Bonchev–Trinajstić information content (AvgIpc) is 3.11. The zero-order valence-corrected chi connectivity index (χ0v) is 16.3. The van der Waals surface area contributed by atoms with Crippen molar-refractivity contribution < 1.29 is 13.9 Å². The molecule has 0 spiro atoms. The van der Waals surface area contributed by atoms with Gasteiger partial charge in [0.25, 0.3) is 5.22 Å². The number of aryl methyl sites for hydroxylation is 2. The van der Waals surface area contributed by atoms with Gasteiger partial charge in [-0.25, -0.2) is 0 Å². The number of hydrogen-bond donors (Lipinski definition) is 1. The lowest BCUT2D eigenvalue weighted by molar-refractivity contribution is -0.113. The molecule has 0 atom stereocenters. The minimum absolute atomic E-state index is 0.108. The molecule has 1 amide bonds. The van der Waals surface area contributed by atoms with Crippen molar-refractivity contribution in [2.24, 2.45) is 0 Å². The first kappa shape index (κ1) is 19.0. The summed E-state index contributed by atoms with van der Waals surface area (Å²) in [5, 5.41) is 11.3. The number of rotatable bonds is 7. The van der Waals surface area contributed by atoms with Crippen LogP contribution in [-0.4, -0.2) is 29.0 Å². The minimum Gasteiger partial charge on any atom is -0.497 e. The van der Waals surface area contributed by atoms with Gasteiger partial charge in [-0.05, 0) is 48.7 Å². The minimum atomic E-state index is -0.108. The van der Waals surface area contributed by atoms with E-state index in [0.29, 0.717) is 17.5 Å². The van der Waals surface area contributed by atoms with Gasteiger partial charge in [-0.3, -0.25) is 4.79 Å². The summed E-state index contributed by atoms with van der Waals surface area (Å²) in [7, 11) is 1.63. The van der Waals surface area contributed by atoms with Crippen molar-refractivity contribution >= 4 is 23.4 Å². The van der Waals surface area contributed by atoms with Crippen molar-refractivity contribution in [1.82, 2.24) is 10.2 Å². The Hall–Kier alpha value is -2.80. The Balaban J connectivity index is 1.52. The second kappa shape index (κ2) is 8.73. The van der Waals surface area contributed by atoms with E-state index in [1.54, 1.807) is 7.11 Å². The summed E-state index contributed by atoms with van der Waals surface area (Å²) in [6.45, 7) is 3.96. The maximum absolute atomic E-state index is 12.2. The van der Waals surface area contributed by atoms with Crippen molar-refractivity contribution in [3.63, 3.8) is 0 Å². The molecule has 1 aromatic heterocycles. The fourth-order valence-corrected chi connectivity index (χ4v) is 3.05. The molecule has 1 N–H and O–H groups in total. The number of nitrogens with zero attached hydrogens (tertiary/aromatic N) is 2. The number of thioether (sulfide) groups is 1. The standard InChI is InChI=1S/C20H21N3O3S/c1-13-4-5-14(2)17(10-13)21-18(24)12-27-20-23-22-19(26-20)11-15-6-8-16(25-3)9-7-15/h4-10H,11-12H2,1-3H3,(H,21,24). The largest absolute Gasteiger partial charge is 0.497 e. The molecule has 27 heavy (non-hydrogen) atoms. The highest BCUT2D eigenvalue weighted by Gasteiger charge is 2.11. The van der Waals surface area contributed by atoms with Gasteiger partial charge in [0.15, 0.2) is 0 Å². The molecule has 0 bridgehead atoms. The highest BCUT2D eigenvalue weighted by atomic mass is 32.2. The number of benzene rings is 2. The van der Waals surface area contributed by atoms with Crippen LogP contribution in [-0.2, 0) is 11.2 Å². The number of nitrogens with one attached hydrogen (secondary N) is 1. The first-order chi connectivity index (χ1) is 13.0. The van der Waals surface area contributed by atoms with Gasteiger partial charge in [-0.2, -0.15) is 0 Å². The fourth-order valence-electron chi connectivity index (χ4n) is 2.47. The maximum atomic E-state index is 12.2. The number of carbonyl (C=O) groups is 1. The summed E-state index contributed by atoms with van der Waals surface area (Å²) in [5.41, 5.74) is 4.00. The van der Waals surface area contributed by atoms with Crippen LogP contribution in [0.25, 0.3) is 0 Å². The molecule has 140 valence electrons. The van der Waals surface area contributed by atoms with E-state index < -0.39 is 0 Å². The van der Waals surface area contributed by atoms with Crippen LogP contribution < -0.4 is 10.1 Å². The molecule has 0 saturated heterocycles. The van der Waals surface area contributed by atoms with Crippen LogP contribution in [0.4, 0.5) is 5.69 Å². The first-order valence-corrected chi connectivity index (χ1v) is 9.47. The molecule has 7 heteroatoms. The molecular weight excluding hydrogens is 362 g/mol. The highest BCUT2D eigenvalue weighted by Crippen LogP contribution is 2.21. The Labute approximate surface area is 162 Å². The first-order valence-electron chi connectivity index (χ1n) is 8.48. The number of methoxy groups -OCH3 is 1. The summed E-state index contributed by atoms with van der Waals surface area (Å²) in [5.74, 6) is 1.41. The number of anilines is 1. The second-order valence-electron chi connectivity index (χ2n) is 6.14. The predicted molar refractivity (Wildman–Crippen MR) is 105 cm³/mol. The third-order valence-corrected chi connectivity index (χ3v) is 4.78. The average molecular weight is 383 g/mol. The van der Waals surface area contributed by atoms with Gasteiger partial charge in [-0.1, -0.05) is 36.0 Å². The van der Waals surface area contributed by atoms with Crippen molar-refractivity contribution in [2.45, 2.75) is 25.5 Å². The Bertz CT molecular complexity index is 922. The normalized spacial score (nSPS) is 10.6. The van der Waals surface area contributed by atoms with E-state index in [4.69, 9.17) is 9.15 Å². The Morgan fingerprint density at radius 3 is 2.67 bits per heavy atom. The molecule has 1 heterocycles. The van der Waals surface area contributed by atoms with Crippen molar-refractivity contribution in [3.05, 3.63) is 65.0 Å². The summed E-state index contributed by atoms with van der Waals surface area (Å²) in [6.07, 6.45) is 0.534. The molecule has 0 fully saturated rings. The van der Waals surface area contributed by atoms with Crippen LogP contribution in [0, 0.1) is 13.8 Å². The number of ether oxygens (including phenoxy) is 1. The highest BCUT2D eigenvalue weighted by molar-refractivity contribution is 7.99. The molecule has 6 nitrogen and oxygen atoms in total. The third kappa shape index (κ3) is 5.34. The van der Waals surface area contributed by atoms with Gasteiger partial charge in [0.2, 0.25) is 11.8 Å². The van der Waals surface area contributed by atoms with Crippen LogP contribution in [0.2, 0.25) is 0 Å². The number of hydrogen-bond acceptors (Lipinski definition) is 6. The molecule has 0 saturated carbocycles. The zero-order valence-electron chi connectivity index (χ0n) is 15.5. The van der Waals surface area contributed by atoms with Crippen molar-refractivity contribution in [2.75, 3.05) is 18.2 Å². The van der Waals surface area contributed by atoms with Gasteiger partial charge >= 0.3 is 0 Å².